The second kappa shape index (κ2) is 9.17. The van der Waals surface area contributed by atoms with Crippen LogP contribution in [0, 0.1) is 6.92 Å². The number of benzene rings is 5. The third kappa shape index (κ3) is 3.88. The maximum atomic E-state index is 4.89. The van der Waals surface area contributed by atoms with Crippen molar-refractivity contribution in [1.82, 2.24) is 9.55 Å². The predicted octanol–water partition coefficient (Wildman–Crippen LogP) is 9.49. The van der Waals surface area contributed by atoms with Crippen LogP contribution in [0.4, 0.5) is 0 Å². The first-order valence-corrected chi connectivity index (χ1v) is 13.0. The van der Waals surface area contributed by atoms with E-state index in [0.717, 1.165) is 22.6 Å². The van der Waals surface area contributed by atoms with Crippen LogP contribution in [0.15, 0.2) is 140 Å². The molecule has 0 aliphatic heterocycles. The normalized spacial score (nSPS) is 11.3. The lowest BCUT2D eigenvalue weighted by atomic mass is 9.98. The Morgan fingerprint density at radius 1 is 0.447 bits per heavy atom. The van der Waals surface area contributed by atoms with Gasteiger partial charge in [-0.1, -0.05) is 97.1 Å². The Balaban J connectivity index is 1.33. The molecular formula is C36H26N2. The molecule has 0 aliphatic rings. The van der Waals surface area contributed by atoms with Crippen molar-refractivity contribution >= 4 is 21.8 Å². The molecule has 0 amide bonds. The standard InChI is InChI=1S/C36H26N2/c1-25-21-30(26-11-3-2-4-12-26)24-34(37-25)29-15-9-13-27(22-29)28-14-10-16-31(23-28)38-35-19-7-5-17-32(35)33-18-6-8-20-36(33)38/h2-24H,1H3. The molecule has 7 aromatic rings. The van der Waals surface area contributed by atoms with E-state index < -0.39 is 0 Å². The Hall–Kier alpha value is -4.95. The summed E-state index contributed by atoms with van der Waals surface area (Å²) in [5, 5.41) is 2.55. The van der Waals surface area contributed by atoms with Gasteiger partial charge in [0.2, 0.25) is 0 Å². The van der Waals surface area contributed by atoms with Crippen molar-refractivity contribution in [3.63, 3.8) is 0 Å². The average Bonchev–Trinajstić information content (AvgIpc) is 3.32. The number of rotatable bonds is 4. The third-order valence-electron chi connectivity index (χ3n) is 7.24. The largest absolute Gasteiger partial charge is 0.309 e. The van der Waals surface area contributed by atoms with Gasteiger partial charge in [0.25, 0.3) is 0 Å². The van der Waals surface area contributed by atoms with Crippen LogP contribution in [-0.4, -0.2) is 9.55 Å². The minimum Gasteiger partial charge on any atom is -0.309 e. The first-order chi connectivity index (χ1) is 18.7. The number of nitrogens with zero attached hydrogens (tertiary/aromatic N) is 2. The zero-order valence-corrected chi connectivity index (χ0v) is 21.2. The molecule has 2 aromatic heterocycles. The lowest BCUT2D eigenvalue weighted by Gasteiger charge is -2.12. The molecule has 2 nitrogen and oxygen atoms in total. The monoisotopic (exact) mass is 486 g/mol. The molecule has 7 rings (SSSR count). The Morgan fingerprint density at radius 2 is 1.03 bits per heavy atom. The van der Waals surface area contributed by atoms with Crippen LogP contribution in [0.1, 0.15) is 5.69 Å². The van der Waals surface area contributed by atoms with E-state index in [1.807, 2.05) is 0 Å². The maximum absolute atomic E-state index is 4.89. The van der Waals surface area contributed by atoms with Gasteiger partial charge in [-0.25, -0.2) is 0 Å². The predicted molar refractivity (Wildman–Crippen MR) is 160 cm³/mol. The molecule has 0 radical (unpaired) electrons. The van der Waals surface area contributed by atoms with E-state index in [2.05, 4.69) is 151 Å². The van der Waals surface area contributed by atoms with Crippen molar-refractivity contribution in [1.29, 1.82) is 0 Å². The van der Waals surface area contributed by atoms with Gasteiger partial charge in [0.1, 0.15) is 0 Å². The van der Waals surface area contributed by atoms with E-state index in [1.54, 1.807) is 0 Å². The number of para-hydroxylation sites is 2. The molecule has 0 aliphatic carbocycles. The molecule has 0 saturated carbocycles. The molecule has 2 heterocycles. The van der Waals surface area contributed by atoms with Crippen LogP contribution >= 0.6 is 0 Å². The van der Waals surface area contributed by atoms with Gasteiger partial charge in [0, 0.05) is 27.7 Å². The molecular weight excluding hydrogens is 460 g/mol. The molecule has 180 valence electrons. The Bertz CT molecular complexity index is 1880. The van der Waals surface area contributed by atoms with E-state index in [0.29, 0.717) is 0 Å². The van der Waals surface area contributed by atoms with Gasteiger partial charge in [-0.05, 0) is 71.6 Å². The smallest absolute Gasteiger partial charge is 0.0711 e. The van der Waals surface area contributed by atoms with Crippen LogP contribution < -0.4 is 0 Å². The molecule has 0 saturated heterocycles. The Kier molecular flexibility index (Phi) is 5.37. The fourth-order valence-electron chi connectivity index (χ4n) is 5.50. The summed E-state index contributed by atoms with van der Waals surface area (Å²) in [5.74, 6) is 0. The maximum Gasteiger partial charge on any atom is 0.0711 e. The van der Waals surface area contributed by atoms with Gasteiger partial charge in [-0.2, -0.15) is 0 Å². The second-order valence-electron chi connectivity index (χ2n) is 9.75. The number of fused-ring (bicyclic) bond motifs is 3. The van der Waals surface area contributed by atoms with E-state index in [-0.39, 0.29) is 0 Å². The summed E-state index contributed by atoms with van der Waals surface area (Å²) in [6, 6.07) is 49.7. The minimum absolute atomic E-state index is 0.990. The van der Waals surface area contributed by atoms with E-state index in [4.69, 9.17) is 4.98 Å². The molecule has 0 fully saturated rings. The van der Waals surface area contributed by atoms with Crippen molar-refractivity contribution in [2.75, 3.05) is 0 Å². The van der Waals surface area contributed by atoms with Gasteiger partial charge in [0.05, 0.1) is 16.7 Å². The van der Waals surface area contributed by atoms with Gasteiger partial charge >= 0.3 is 0 Å². The third-order valence-corrected chi connectivity index (χ3v) is 7.24. The number of aromatic nitrogens is 2. The van der Waals surface area contributed by atoms with Gasteiger partial charge < -0.3 is 4.57 Å². The zero-order chi connectivity index (χ0) is 25.5. The summed E-state index contributed by atoms with van der Waals surface area (Å²) < 4.78 is 2.37. The molecule has 0 unspecified atom stereocenters. The molecule has 38 heavy (non-hydrogen) atoms. The Labute approximate surface area is 222 Å². The van der Waals surface area contributed by atoms with Crippen molar-refractivity contribution in [2.45, 2.75) is 6.92 Å². The average molecular weight is 487 g/mol. The van der Waals surface area contributed by atoms with Crippen LogP contribution in [0.2, 0.25) is 0 Å². The van der Waals surface area contributed by atoms with Crippen molar-refractivity contribution in [2.24, 2.45) is 0 Å². The molecule has 2 heteroatoms. The number of pyridine rings is 1. The van der Waals surface area contributed by atoms with Crippen LogP contribution in [0.3, 0.4) is 0 Å². The van der Waals surface area contributed by atoms with Crippen molar-refractivity contribution in [3.8, 4) is 39.2 Å². The highest BCUT2D eigenvalue weighted by Gasteiger charge is 2.12. The quantitative estimate of drug-likeness (QED) is 0.242. The first-order valence-electron chi connectivity index (χ1n) is 13.0. The lowest BCUT2D eigenvalue weighted by molar-refractivity contribution is 1.18. The topological polar surface area (TPSA) is 17.8 Å². The highest BCUT2D eigenvalue weighted by Crippen LogP contribution is 2.34. The van der Waals surface area contributed by atoms with Crippen molar-refractivity contribution in [3.05, 3.63) is 145 Å². The molecule has 0 atom stereocenters. The van der Waals surface area contributed by atoms with Gasteiger partial charge in [-0.15, -0.1) is 0 Å². The van der Waals surface area contributed by atoms with Crippen molar-refractivity contribution < 1.29 is 0 Å². The summed E-state index contributed by atoms with van der Waals surface area (Å²) in [6.07, 6.45) is 0. The lowest BCUT2D eigenvalue weighted by Crippen LogP contribution is -1.94. The fraction of sp³-hybridized carbons (Fsp3) is 0.0278. The van der Waals surface area contributed by atoms with Gasteiger partial charge in [-0.3, -0.25) is 4.98 Å². The minimum atomic E-state index is 0.990. The van der Waals surface area contributed by atoms with E-state index in [1.165, 1.54) is 44.1 Å². The molecule has 0 bridgehead atoms. The van der Waals surface area contributed by atoms with Crippen LogP contribution in [0.5, 0.6) is 0 Å². The van der Waals surface area contributed by atoms with E-state index in [9.17, 15) is 0 Å². The van der Waals surface area contributed by atoms with E-state index >= 15 is 0 Å². The first kappa shape index (κ1) is 22.3. The second-order valence-corrected chi connectivity index (χ2v) is 9.75. The fourth-order valence-corrected chi connectivity index (χ4v) is 5.50. The summed E-state index contributed by atoms with van der Waals surface area (Å²) in [5.41, 5.74) is 11.5. The highest BCUT2D eigenvalue weighted by atomic mass is 15.0. The number of aryl methyl sites for hydroxylation is 1. The van der Waals surface area contributed by atoms with Crippen LogP contribution in [-0.2, 0) is 0 Å². The SMILES string of the molecule is Cc1cc(-c2ccccc2)cc(-c2cccc(-c3cccc(-n4c5ccccc5c5ccccc54)c3)c2)n1. The molecule has 0 N–H and O–H groups in total. The summed E-state index contributed by atoms with van der Waals surface area (Å²) >= 11 is 0. The highest BCUT2D eigenvalue weighted by molar-refractivity contribution is 6.09. The molecule has 5 aromatic carbocycles. The summed E-state index contributed by atoms with van der Waals surface area (Å²) in [6.45, 7) is 2.06. The Morgan fingerprint density at radius 3 is 1.76 bits per heavy atom. The molecule has 0 spiro atoms. The van der Waals surface area contributed by atoms with Crippen LogP contribution in [0.25, 0.3) is 61.0 Å². The number of hydrogen-bond acceptors (Lipinski definition) is 1. The summed E-state index contributed by atoms with van der Waals surface area (Å²) in [7, 11) is 0. The van der Waals surface area contributed by atoms with Gasteiger partial charge in [0.15, 0.2) is 0 Å². The summed E-state index contributed by atoms with van der Waals surface area (Å²) in [4.78, 5) is 4.89. The number of hydrogen-bond donors (Lipinski definition) is 0. The zero-order valence-electron chi connectivity index (χ0n) is 21.2.